The van der Waals surface area contributed by atoms with Crippen LogP contribution in [0.4, 0.5) is 0 Å². The first-order valence-electron chi connectivity index (χ1n) is 4.45. The van der Waals surface area contributed by atoms with E-state index in [0.717, 1.165) is 30.3 Å². The predicted octanol–water partition coefficient (Wildman–Crippen LogP) is 1.79. The van der Waals surface area contributed by atoms with Gasteiger partial charge in [-0.15, -0.1) is 0 Å². The summed E-state index contributed by atoms with van der Waals surface area (Å²) >= 11 is 3.28. The monoisotopic (exact) mass is 233 g/mol. The zero-order chi connectivity index (χ0) is 8.97. The summed E-state index contributed by atoms with van der Waals surface area (Å²) in [7, 11) is 0. The van der Waals surface area contributed by atoms with Crippen LogP contribution in [0.25, 0.3) is 0 Å². The van der Waals surface area contributed by atoms with E-state index in [4.69, 9.17) is 0 Å². The van der Waals surface area contributed by atoms with Gasteiger partial charge in [-0.25, -0.2) is 0 Å². The molecule has 2 unspecified atom stereocenters. The molecule has 1 aliphatic rings. The third kappa shape index (κ3) is 3.25. The summed E-state index contributed by atoms with van der Waals surface area (Å²) in [6.45, 7) is 4.49. The van der Waals surface area contributed by atoms with Gasteiger partial charge in [0.25, 0.3) is 0 Å². The SMILES string of the molecule is C=C(Br)CNC1CCCCC1O. The molecule has 1 fully saturated rings. The van der Waals surface area contributed by atoms with E-state index in [1.807, 2.05) is 0 Å². The molecule has 1 aliphatic carbocycles. The van der Waals surface area contributed by atoms with E-state index in [2.05, 4.69) is 27.8 Å². The fraction of sp³-hybridized carbons (Fsp3) is 0.778. The van der Waals surface area contributed by atoms with Crippen LogP contribution in [-0.2, 0) is 0 Å². The van der Waals surface area contributed by atoms with Crippen molar-refractivity contribution < 1.29 is 5.11 Å². The van der Waals surface area contributed by atoms with Crippen LogP contribution < -0.4 is 5.32 Å². The normalized spacial score (nSPS) is 30.2. The number of hydrogen-bond acceptors (Lipinski definition) is 2. The topological polar surface area (TPSA) is 32.3 Å². The Morgan fingerprint density at radius 1 is 1.50 bits per heavy atom. The second-order valence-corrected chi connectivity index (χ2v) is 4.48. The third-order valence-electron chi connectivity index (χ3n) is 2.29. The zero-order valence-corrected chi connectivity index (χ0v) is 8.81. The molecule has 0 aliphatic heterocycles. The quantitative estimate of drug-likeness (QED) is 0.780. The van der Waals surface area contributed by atoms with Crippen molar-refractivity contribution in [1.29, 1.82) is 0 Å². The number of nitrogens with one attached hydrogen (secondary N) is 1. The number of hydrogen-bond donors (Lipinski definition) is 2. The van der Waals surface area contributed by atoms with E-state index in [0.29, 0.717) is 0 Å². The van der Waals surface area contributed by atoms with Crippen molar-refractivity contribution in [1.82, 2.24) is 5.32 Å². The van der Waals surface area contributed by atoms with Gasteiger partial charge in [0, 0.05) is 17.1 Å². The van der Waals surface area contributed by atoms with Crippen LogP contribution in [0.3, 0.4) is 0 Å². The lowest BCUT2D eigenvalue weighted by Gasteiger charge is -2.28. The molecule has 2 atom stereocenters. The predicted molar refractivity (Wildman–Crippen MR) is 54.3 cm³/mol. The minimum absolute atomic E-state index is 0.161. The molecule has 0 aromatic carbocycles. The van der Waals surface area contributed by atoms with Crippen molar-refractivity contribution in [3.05, 3.63) is 11.1 Å². The van der Waals surface area contributed by atoms with E-state index in [-0.39, 0.29) is 12.1 Å². The number of aliphatic hydroxyl groups excluding tert-OH is 1. The van der Waals surface area contributed by atoms with Crippen LogP contribution in [0.15, 0.2) is 11.1 Å². The van der Waals surface area contributed by atoms with E-state index >= 15 is 0 Å². The molecule has 0 heterocycles. The average Bonchev–Trinajstić information content (AvgIpc) is 2.03. The molecule has 0 saturated heterocycles. The molecule has 70 valence electrons. The minimum Gasteiger partial charge on any atom is -0.392 e. The molecule has 0 aromatic rings. The fourth-order valence-corrected chi connectivity index (χ4v) is 1.75. The first kappa shape index (κ1) is 10.2. The minimum atomic E-state index is -0.161. The van der Waals surface area contributed by atoms with Gasteiger partial charge in [0.15, 0.2) is 0 Å². The molecule has 3 heteroatoms. The first-order chi connectivity index (χ1) is 5.70. The molecule has 0 spiro atoms. The van der Waals surface area contributed by atoms with Crippen molar-refractivity contribution in [2.24, 2.45) is 0 Å². The summed E-state index contributed by atoms with van der Waals surface area (Å²) in [6.07, 6.45) is 4.25. The Morgan fingerprint density at radius 3 is 2.75 bits per heavy atom. The highest BCUT2D eigenvalue weighted by molar-refractivity contribution is 9.11. The highest BCUT2D eigenvalue weighted by atomic mass is 79.9. The van der Waals surface area contributed by atoms with E-state index in [9.17, 15) is 5.11 Å². The van der Waals surface area contributed by atoms with E-state index in [1.165, 1.54) is 6.42 Å². The molecule has 0 bridgehead atoms. The van der Waals surface area contributed by atoms with Crippen LogP contribution in [-0.4, -0.2) is 23.8 Å². The molecule has 2 N–H and O–H groups in total. The summed E-state index contributed by atoms with van der Waals surface area (Å²) < 4.78 is 0.945. The third-order valence-corrected chi connectivity index (χ3v) is 2.57. The van der Waals surface area contributed by atoms with Gasteiger partial charge in [-0.1, -0.05) is 35.4 Å². The lowest BCUT2D eigenvalue weighted by molar-refractivity contribution is 0.0928. The maximum absolute atomic E-state index is 9.57. The Kier molecular flexibility index (Phi) is 4.26. The summed E-state index contributed by atoms with van der Waals surface area (Å²) in [5.74, 6) is 0. The standard InChI is InChI=1S/C9H16BrNO/c1-7(10)6-11-8-4-2-3-5-9(8)12/h8-9,11-12H,1-6H2. The lowest BCUT2D eigenvalue weighted by atomic mass is 9.93. The second kappa shape index (κ2) is 5.00. The van der Waals surface area contributed by atoms with Crippen molar-refractivity contribution in [2.75, 3.05) is 6.54 Å². The van der Waals surface area contributed by atoms with Crippen LogP contribution in [0.2, 0.25) is 0 Å². The Morgan fingerprint density at radius 2 is 2.17 bits per heavy atom. The smallest absolute Gasteiger partial charge is 0.0693 e. The maximum Gasteiger partial charge on any atom is 0.0693 e. The molecule has 0 radical (unpaired) electrons. The van der Waals surface area contributed by atoms with Gasteiger partial charge in [-0.2, -0.15) is 0 Å². The van der Waals surface area contributed by atoms with E-state index in [1.54, 1.807) is 0 Å². The van der Waals surface area contributed by atoms with Gasteiger partial charge >= 0.3 is 0 Å². The molecule has 1 rings (SSSR count). The van der Waals surface area contributed by atoms with Gasteiger partial charge in [-0.3, -0.25) is 0 Å². The van der Waals surface area contributed by atoms with Crippen molar-refractivity contribution in [3.63, 3.8) is 0 Å². The highest BCUT2D eigenvalue weighted by Gasteiger charge is 2.21. The van der Waals surface area contributed by atoms with Gasteiger partial charge in [0.2, 0.25) is 0 Å². The summed E-state index contributed by atoms with van der Waals surface area (Å²) in [5, 5.41) is 12.8. The van der Waals surface area contributed by atoms with E-state index < -0.39 is 0 Å². The van der Waals surface area contributed by atoms with Crippen molar-refractivity contribution in [3.8, 4) is 0 Å². The summed E-state index contributed by atoms with van der Waals surface area (Å²) in [4.78, 5) is 0. The van der Waals surface area contributed by atoms with Gasteiger partial charge < -0.3 is 10.4 Å². The fourth-order valence-electron chi connectivity index (χ4n) is 1.59. The van der Waals surface area contributed by atoms with Crippen LogP contribution in [0, 0.1) is 0 Å². The largest absolute Gasteiger partial charge is 0.392 e. The van der Waals surface area contributed by atoms with Gasteiger partial charge in [-0.05, 0) is 12.8 Å². The molecule has 2 nitrogen and oxygen atoms in total. The molecule has 1 saturated carbocycles. The Bertz CT molecular complexity index is 161. The van der Waals surface area contributed by atoms with Crippen molar-refractivity contribution >= 4 is 15.9 Å². The number of aliphatic hydroxyl groups is 1. The molecule has 12 heavy (non-hydrogen) atoms. The molecular weight excluding hydrogens is 218 g/mol. The lowest BCUT2D eigenvalue weighted by Crippen LogP contribution is -2.42. The number of halogens is 1. The molecule has 0 aromatic heterocycles. The second-order valence-electron chi connectivity index (χ2n) is 3.36. The summed E-state index contributed by atoms with van der Waals surface area (Å²) in [5.41, 5.74) is 0. The Hall–Kier alpha value is 0.140. The Labute approximate surface area is 82.2 Å². The van der Waals surface area contributed by atoms with Crippen LogP contribution >= 0.6 is 15.9 Å². The average molecular weight is 234 g/mol. The van der Waals surface area contributed by atoms with Crippen molar-refractivity contribution in [2.45, 2.75) is 37.8 Å². The first-order valence-corrected chi connectivity index (χ1v) is 5.24. The zero-order valence-electron chi connectivity index (χ0n) is 7.22. The summed E-state index contributed by atoms with van der Waals surface area (Å²) in [6, 6.07) is 0.271. The van der Waals surface area contributed by atoms with Crippen LogP contribution in [0.5, 0.6) is 0 Å². The number of rotatable bonds is 3. The van der Waals surface area contributed by atoms with Crippen LogP contribution in [0.1, 0.15) is 25.7 Å². The van der Waals surface area contributed by atoms with Gasteiger partial charge in [0.1, 0.15) is 0 Å². The molecule has 0 amide bonds. The van der Waals surface area contributed by atoms with Gasteiger partial charge in [0.05, 0.1) is 6.10 Å². The highest BCUT2D eigenvalue weighted by Crippen LogP contribution is 2.18. The molecular formula is C9H16BrNO. The maximum atomic E-state index is 9.57. The Balaban J connectivity index is 2.24.